The Bertz CT molecular complexity index is 687. The van der Waals surface area contributed by atoms with E-state index in [0.717, 1.165) is 38.5 Å². The summed E-state index contributed by atoms with van der Waals surface area (Å²) < 4.78 is 21.2. The fourth-order valence-electron chi connectivity index (χ4n) is 7.08. The van der Waals surface area contributed by atoms with Crippen LogP contribution in [0.25, 0.3) is 0 Å². The molecule has 1 unspecified atom stereocenters. The van der Waals surface area contributed by atoms with E-state index in [1.165, 1.54) is 18.4 Å². The van der Waals surface area contributed by atoms with Gasteiger partial charge in [-0.1, -0.05) is 12.5 Å². The maximum Gasteiger partial charge on any atom is 0.508 e. The van der Waals surface area contributed by atoms with E-state index >= 15 is 0 Å². The van der Waals surface area contributed by atoms with Crippen molar-refractivity contribution in [2.45, 2.75) is 84.3 Å². The van der Waals surface area contributed by atoms with Crippen LogP contribution < -0.4 is 0 Å². The smallest absolute Gasteiger partial charge is 0.435 e. The Balaban J connectivity index is 1.42. The third-order valence-electron chi connectivity index (χ3n) is 8.34. The number of allylic oxidation sites excluding steroid dienone is 1. The zero-order valence-corrected chi connectivity index (χ0v) is 18.6. The number of hydrogen-bond acceptors (Lipinski definition) is 6. The Hall–Kier alpha value is -1.72. The molecule has 0 aromatic rings. The van der Waals surface area contributed by atoms with Crippen LogP contribution in [-0.4, -0.2) is 37.7 Å². The number of carbonyl (C=O) groups excluding carboxylic acids is 2. The van der Waals surface area contributed by atoms with Crippen molar-refractivity contribution in [1.29, 1.82) is 0 Å². The van der Waals surface area contributed by atoms with E-state index in [1.54, 1.807) is 6.92 Å². The van der Waals surface area contributed by atoms with Crippen LogP contribution in [0.4, 0.5) is 9.59 Å². The lowest BCUT2D eigenvalue weighted by molar-refractivity contribution is -0.0734. The van der Waals surface area contributed by atoms with Gasteiger partial charge in [-0.15, -0.1) is 0 Å². The van der Waals surface area contributed by atoms with Gasteiger partial charge in [-0.25, -0.2) is 9.59 Å². The van der Waals surface area contributed by atoms with Crippen LogP contribution in [0.1, 0.15) is 72.1 Å². The normalized spacial score (nSPS) is 39.6. The molecule has 7 atom stereocenters. The van der Waals surface area contributed by atoms with Gasteiger partial charge in [0.15, 0.2) is 0 Å². The van der Waals surface area contributed by atoms with E-state index in [2.05, 4.69) is 13.0 Å². The summed E-state index contributed by atoms with van der Waals surface area (Å²) in [6, 6.07) is 0. The molecule has 4 aliphatic carbocycles. The molecule has 3 fully saturated rings. The van der Waals surface area contributed by atoms with Crippen LogP contribution in [0.5, 0.6) is 0 Å². The first-order chi connectivity index (χ1) is 14.5. The minimum Gasteiger partial charge on any atom is -0.435 e. The van der Waals surface area contributed by atoms with Gasteiger partial charge in [-0.2, -0.15) is 0 Å². The van der Waals surface area contributed by atoms with Crippen molar-refractivity contribution in [2.75, 3.05) is 13.2 Å². The molecule has 6 heteroatoms. The second-order valence-corrected chi connectivity index (χ2v) is 9.65. The molecule has 0 spiro atoms. The number of carbonyl (C=O) groups is 2. The number of ether oxygens (including phenoxy) is 4. The summed E-state index contributed by atoms with van der Waals surface area (Å²) in [7, 11) is 0. The minimum absolute atomic E-state index is 0.0202. The molecule has 30 heavy (non-hydrogen) atoms. The van der Waals surface area contributed by atoms with Gasteiger partial charge in [0, 0.05) is 5.41 Å². The van der Waals surface area contributed by atoms with E-state index in [0.29, 0.717) is 36.9 Å². The summed E-state index contributed by atoms with van der Waals surface area (Å²) in [5.41, 5.74) is 1.55. The molecule has 0 aromatic heterocycles. The van der Waals surface area contributed by atoms with Crippen LogP contribution >= 0.6 is 0 Å². The quantitative estimate of drug-likeness (QED) is 0.433. The van der Waals surface area contributed by atoms with E-state index in [9.17, 15) is 9.59 Å². The topological polar surface area (TPSA) is 71.1 Å². The van der Waals surface area contributed by atoms with E-state index in [-0.39, 0.29) is 17.6 Å². The van der Waals surface area contributed by atoms with Crippen LogP contribution in [0.3, 0.4) is 0 Å². The predicted octanol–water partition coefficient (Wildman–Crippen LogP) is 5.64. The fraction of sp³-hybridized carbons (Fsp3) is 0.833. The van der Waals surface area contributed by atoms with Crippen molar-refractivity contribution in [3.8, 4) is 0 Å². The minimum atomic E-state index is -0.557. The van der Waals surface area contributed by atoms with Gasteiger partial charge in [-0.05, 0) is 95.0 Å². The summed E-state index contributed by atoms with van der Waals surface area (Å²) in [5, 5.41) is 0. The van der Waals surface area contributed by atoms with Gasteiger partial charge in [0.1, 0.15) is 12.2 Å². The molecule has 0 radical (unpaired) electrons. The highest BCUT2D eigenvalue weighted by Gasteiger charge is 2.57. The highest BCUT2D eigenvalue weighted by Crippen LogP contribution is 2.62. The van der Waals surface area contributed by atoms with Crippen molar-refractivity contribution in [1.82, 2.24) is 0 Å². The van der Waals surface area contributed by atoms with E-state index < -0.39 is 12.3 Å². The van der Waals surface area contributed by atoms with E-state index in [4.69, 9.17) is 18.9 Å². The Morgan fingerprint density at radius 3 is 2.40 bits per heavy atom. The highest BCUT2D eigenvalue weighted by atomic mass is 16.7. The lowest BCUT2D eigenvalue weighted by Gasteiger charge is -2.53. The van der Waals surface area contributed by atoms with Crippen LogP contribution in [0, 0.1) is 29.1 Å². The third kappa shape index (κ3) is 3.94. The van der Waals surface area contributed by atoms with Crippen LogP contribution in [0.2, 0.25) is 0 Å². The zero-order valence-electron chi connectivity index (χ0n) is 18.6. The fourth-order valence-corrected chi connectivity index (χ4v) is 7.08. The first kappa shape index (κ1) is 21.5. The van der Waals surface area contributed by atoms with Crippen molar-refractivity contribution in [3.05, 3.63) is 11.6 Å². The number of fused-ring (bicyclic) bond motifs is 5. The monoisotopic (exact) mass is 420 g/mol. The van der Waals surface area contributed by atoms with Gasteiger partial charge in [0.25, 0.3) is 0 Å². The average Bonchev–Trinajstić information content (AvgIpc) is 3.04. The molecule has 0 aromatic carbocycles. The molecular formula is C24H36O6. The Morgan fingerprint density at radius 2 is 1.67 bits per heavy atom. The molecule has 0 heterocycles. The average molecular weight is 421 g/mol. The first-order valence-electron chi connectivity index (χ1n) is 11.8. The second-order valence-electron chi connectivity index (χ2n) is 9.65. The SMILES string of the molecule is CCOC(=O)O[C@@H]1C=C2CC[C@@H]3[C@H](CC[C@]4(C)[C@@H](OC(=O)OCC)CC[C@@H]34)C2CC1. The lowest BCUT2D eigenvalue weighted by Crippen LogP contribution is -2.48. The molecule has 0 bridgehead atoms. The van der Waals surface area contributed by atoms with Crippen molar-refractivity contribution in [2.24, 2.45) is 29.1 Å². The van der Waals surface area contributed by atoms with Crippen LogP contribution in [-0.2, 0) is 18.9 Å². The standard InChI is InChI=1S/C24H36O6/c1-4-27-22(25)29-16-7-9-17-15(14-16)6-8-19-18(17)12-13-24(3)20(19)10-11-21(24)30-23(26)28-5-2/h14,16-21H,4-13H2,1-3H3/t16-,17?,18+,19+,20-,21-,24-/m0/s1. The second kappa shape index (κ2) is 8.80. The molecule has 168 valence electrons. The molecule has 6 nitrogen and oxygen atoms in total. The molecule has 0 aliphatic heterocycles. The largest absolute Gasteiger partial charge is 0.508 e. The lowest BCUT2D eigenvalue weighted by atomic mass is 9.52. The Morgan fingerprint density at radius 1 is 0.933 bits per heavy atom. The van der Waals surface area contributed by atoms with Gasteiger partial charge in [0.05, 0.1) is 13.2 Å². The van der Waals surface area contributed by atoms with Gasteiger partial charge in [-0.3, -0.25) is 0 Å². The number of rotatable bonds is 4. The zero-order chi connectivity index (χ0) is 21.3. The maximum absolute atomic E-state index is 11.9. The summed E-state index contributed by atoms with van der Waals surface area (Å²) >= 11 is 0. The van der Waals surface area contributed by atoms with Gasteiger partial charge in [0.2, 0.25) is 0 Å². The Kier molecular flexibility index (Phi) is 6.31. The Labute approximate surface area is 179 Å². The van der Waals surface area contributed by atoms with Crippen molar-refractivity contribution >= 4 is 12.3 Å². The molecule has 4 rings (SSSR count). The molecular weight excluding hydrogens is 384 g/mol. The predicted molar refractivity (Wildman–Crippen MR) is 111 cm³/mol. The third-order valence-corrected chi connectivity index (χ3v) is 8.34. The number of hydrogen-bond donors (Lipinski definition) is 0. The van der Waals surface area contributed by atoms with E-state index in [1.807, 2.05) is 6.92 Å². The van der Waals surface area contributed by atoms with Gasteiger partial charge >= 0.3 is 12.3 Å². The van der Waals surface area contributed by atoms with Gasteiger partial charge < -0.3 is 18.9 Å². The summed E-state index contributed by atoms with van der Waals surface area (Å²) in [6.07, 6.45) is 9.60. The summed E-state index contributed by atoms with van der Waals surface area (Å²) in [6.45, 7) is 6.63. The highest BCUT2D eigenvalue weighted by molar-refractivity contribution is 5.60. The molecule has 0 saturated heterocycles. The van der Waals surface area contributed by atoms with Crippen molar-refractivity contribution in [3.63, 3.8) is 0 Å². The summed E-state index contributed by atoms with van der Waals surface area (Å²) in [4.78, 5) is 23.6. The molecule has 4 aliphatic rings. The molecule has 3 saturated carbocycles. The molecule has 0 amide bonds. The van der Waals surface area contributed by atoms with Crippen LogP contribution in [0.15, 0.2) is 11.6 Å². The first-order valence-corrected chi connectivity index (χ1v) is 11.8. The molecule has 0 N–H and O–H groups in total. The maximum atomic E-state index is 11.9. The van der Waals surface area contributed by atoms with Crippen molar-refractivity contribution < 1.29 is 28.5 Å². The summed E-state index contributed by atoms with van der Waals surface area (Å²) in [5.74, 6) is 2.63.